The summed E-state index contributed by atoms with van der Waals surface area (Å²) in [5, 5.41) is 28.4. The van der Waals surface area contributed by atoms with E-state index in [1.54, 1.807) is 6.07 Å². The van der Waals surface area contributed by atoms with Crippen molar-refractivity contribution in [1.29, 1.82) is 0 Å². The number of alkyl halides is 1. The zero-order valence-corrected chi connectivity index (χ0v) is 18.3. The van der Waals surface area contributed by atoms with Crippen LogP contribution in [-0.2, 0) is 12.8 Å². The molecule has 1 aromatic heterocycles. The summed E-state index contributed by atoms with van der Waals surface area (Å²) < 4.78 is 0. The van der Waals surface area contributed by atoms with Gasteiger partial charge in [0.15, 0.2) is 0 Å². The van der Waals surface area contributed by atoms with Gasteiger partial charge in [-0.3, -0.25) is 0 Å². The molecule has 1 aliphatic carbocycles. The summed E-state index contributed by atoms with van der Waals surface area (Å²) in [4.78, 5) is 12.4. The van der Waals surface area contributed by atoms with Gasteiger partial charge in [-0.1, -0.05) is 24.0 Å². The Labute approximate surface area is 186 Å². The maximum absolute atomic E-state index is 11.0. The lowest BCUT2D eigenvalue weighted by atomic mass is 9.90. The van der Waals surface area contributed by atoms with Crippen LogP contribution in [0.5, 0.6) is 0 Å². The first-order valence-electron chi connectivity index (χ1n) is 10.3. The van der Waals surface area contributed by atoms with Crippen molar-refractivity contribution in [2.45, 2.75) is 50.0 Å². The molecule has 4 nitrogen and oxygen atoms in total. The average Bonchev–Trinajstić information content (AvgIpc) is 3.30. The van der Waals surface area contributed by atoms with Crippen LogP contribution >= 0.6 is 22.9 Å². The van der Waals surface area contributed by atoms with Gasteiger partial charge in [0.2, 0.25) is 0 Å². The minimum atomic E-state index is -0.887. The van der Waals surface area contributed by atoms with E-state index < -0.39 is 12.1 Å². The summed E-state index contributed by atoms with van der Waals surface area (Å²) in [5.74, 6) is 5.55. The van der Waals surface area contributed by atoms with Crippen molar-refractivity contribution in [2.24, 2.45) is 11.8 Å². The van der Waals surface area contributed by atoms with Crippen LogP contribution in [0.1, 0.15) is 51.4 Å². The predicted molar refractivity (Wildman–Crippen MR) is 120 cm³/mol. The van der Waals surface area contributed by atoms with Gasteiger partial charge in [-0.25, -0.2) is 4.79 Å². The molecule has 0 spiro atoms. The number of aromatic carboxylic acids is 1. The molecule has 0 aliphatic heterocycles. The second-order valence-corrected chi connectivity index (χ2v) is 9.50. The normalized spacial score (nSPS) is 23.2. The third-order valence-corrected chi connectivity index (χ3v) is 7.21. The van der Waals surface area contributed by atoms with Gasteiger partial charge in [0.1, 0.15) is 4.88 Å². The molecule has 0 radical (unpaired) electrons. The van der Waals surface area contributed by atoms with Gasteiger partial charge in [0.25, 0.3) is 0 Å². The number of halogens is 1. The lowest BCUT2D eigenvalue weighted by molar-refractivity contribution is 0.0702. The largest absolute Gasteiger partial charge is 0.477 e. The quantitative estimate of drug-likeness (QED) is 0.416. The molecule has 0 unspecified atom stereocenters. The molecule has 1 heterocycles. The van der Waals surface area contributed by atoms with E-state index in [4.69, 9.17) is 21.8 Å². The van der Waals surface area contributed by atoms with Crippen molar-refractivity contribution in [1.82, 2.24) is 0 Å². The molecule has 0 bridgehead atoms. The molecule has 1 aromatic carbocycles. The van der Waals surface area contributed by atoms with Crippen LogP contribution in [0.25, 0.3) is 0 Å². The van der Waals surface area contributed by atoms with Crippen LogP contribution in [0, 0.1) is 23.7 Å². The molecule has 3 N–H and O–H groups in total. The summed E-state index contributed by atoms with van der Waals surface area (Å²) in [5.41, 5.74) is 2.06. The van der Waals surface area contributed by atoms with Crippen LogP contribution in [0.2, 0.25) is 0 Å². The van der Waals surface area contributed by atoms with Crippen molar-refractivity contribution in [3.05, 3.63) is 57.3 Å². The molecule has 0 amide bonds. The molecule has 2 aromatic rings. The van der Waals surface area contributed by atoms with Crippen molar-refractivity contribution < 1.29 is 20.1 Å². The van der Waals surface area contributed by atoms with Gasteiger partial charge in [-0.15, -0.1) is 22.9 Å². The van der Waals surface area contributed by atoms with Gasteiger partial charge < -0.3 is 15.3 Å². The summed E-state index contributed by atoms with van der Waals surface area (Å²) in [6.45, 7) is 0.173. The van der Waals surface area contributed by atoms with Gasteiger partial charge >= 0.3 is 5.97 Å². The summed E-state index contributed by atoms with van der Waals surface area (Å²) >= 11 is 7.85. The van der Waals surface area contributed by atoms with E-state index in [9.17, 15) is 9.90 Å². The summed E-state index contributed by atoms with van der Waals surface area (Å²) in [6.07, 6.45) is 4.10. The van der Waals surface area contributed by atoms with E-state index in [1.165, 1.54) is 11.3 Å². The van der Waals surface area contributed by atoms with E-state index in [0.29, 0.717) is 11.3 Å². The molecule has 1 fully saturated rings. The third kappa shape index (κ3) is 6.09. The molecule has 160 valence electrons. The van der Waals surface area contributed by atoms with E-state index in [-0.39, 0.29) is 23.8 Å². The Balaban J connectivity index is 1.62. The number of aliphatic hydroxyl groups excluding tert-OH is 2. The third-order valence-electron chi connectivity index (χ3n) is 5.57. The van der Waals surface area contributed by atoms with Gasteiger partial charge in [0, 0.05) is 22.4 Å². The molecule has 0 saturated heterocycles. The molecular formula is C24H27ClO4S. The maximum Gasteiger partial charge on any atom is 0.345 e. The molecule has 6 heteroatoms. The molecule has 30 heavy (non-hydrogen) atoms. The fraction of sp³-hybridized carbons (Fsp3) is 0.458. The van der Waals surface area contributed by atoms with Gasteiger partial charge in [-0.2, -0.15) is 0 Å². The molecule has 4 atom stereocenters. The van der Waals surface area contributed by atoms with Crippen molar-refractivity contribution in [2.75, 3.05) is 6.61 Å². The Hall–Kier alpha value is -1.84. The predicted octanol–water partition coefficient (Wildman–Crippen LogP) is 4.35. The van der Waals surface area contributed by atoms with Crippen molar-refractivity contribution in [3.8, 4) is 11.8 Å². The van der Waals surface area contributed by atoms with Crippen molar-refractivity contribution in [3.63, 3.8) is 0 Å². The highest BCUT2D eigenvalue weighted by Gasteiger charge is 2.40. The minimum Gasteiger partial charge on any atom is -0.477 e. The van der Waals surface area contributed by atoms with E-state index in [1.807, 2.05) is 30.3 Å². The first-order chi connectivity index (χ1) is 14.5. The Morgan fingerprint density at radius 3 is 2.77 bits per heavy atom. The monoisotopic (exact) mass is 446 g/mol. The van der Waals surface area contributed by atoms with Crippen LogP contribution < -0.4 is 0 Å². The molecular weight excluding hydrogens is 420 g/mol. The number of benzene rings is 1. The first-order valence-corrected chi connectivity index (χ1v) is 11.6. The Morgan fingerprint density at radius 1 is 1.20 bits per heavy atom. The Kier molecular flexibility index (Phi) is 8.35. The van der Waals surface area contributed by atoms with Crippen LogP contribution in [0.3, 0.4) is 0 Å². The molecule has 3 rings (SSSR count). The Morgan fingerprint density at radius 2 is 2.03 bits per heavy atom. The SMILES string of the molecule is O=C(O)c1ccc(CCC[C@@H]2[C@@H](C#Cc3cccc(CCCO)c3)[C@H](O)C[C@H]2Cl)s1. The van der Waals surface area contributed by atoms with Crippen molar-refractivity contribution >= 4 is 28.9 Å². The fourth-order valence-electron chi connectivity index (χ4n) is 4.02. The number of carboxylic acids is 1. The fourth-order valence-corrected chi connectivity index (χ4v) is 5.37. The number of aliphatic hydroxyl groups is 2. The molecule has 1 saturated carbocycles. The highest BCUT2D eigenvalue weighted by Crippen LogP contribution is 2.39. The van der Waals surface area contributed by atoms with Crippen LogP contribution in [-0.4, -0.2) is 39.4 Å². The zero-order chi connectivity index (χ0) is 21.5. The maximum atomic E-state index is 11.0. The number of carbonyl (C=O) groups is 1. The smallest absolute Gasteiger partial charge is 0.345 e. The lowest BCUT2D eigenvalue weighted by Gasteiger charge is -2.18. The number of hydrogen-bond acceptors (Lipinski definition) is 4. The number of aryl methyl sites for hydroxylation is 2. The zero-order valence-electron chi connectivity index (χ0n) is 16.8. The van der Waals surface area contributed by atoms with E-state index >= 15 is 0 Å². The van der Waals surface area contributed by atoms with Crippen LogP contribution in [0.4, 0.5) is 0 Å². The Bertz CT molecular complexity index is 913. The average molecular weight is 447 g/mol. The number of hydrogen-bond donors (Lipinski definition) is 3. The summed E-state index contributed by atoms with van der Waals surface area (Å²) in [6, 6.07) is 11.5. The number of thiophene rings is 1. The lowest BCUT2D eigenvalue weighted by Crippen LogP contribution is -2.19. The number of carboxylic acid groups (broad SMARTS) is 1. The van der Waals surface area contributed by atoms with Gasteiger partial charge in [0.05, 0.1) is 12.0 Å². The second kappa shape index (κ2) is 11.0. The standard InChI is InChI=1S/C24H27ClO4S/c25-21-15-22(27)20(11-9-17-5-1-4-16(14-17)6-3-13-26)19(21)8-2-7-18-10-12-23(30-18)24(28)29/h1,4-5,10,12,14,19-22,26-27H,2-3,6-8,13,15H2,(H,28,29)/t19-,20-,21-,22-/m1/s1. The topological polar surface area (TPSA) is 77.8 Å². The van der Waals surface area contributed by atoms with Gasteiger partial charge in [-0.05, 0) is 74.3 Å². The first kappa shape index (κ1) is 22.8. The highest BCUT2D eigenvalue weighted by molar-refractivity contribution is 7.13. The highest BCUT2D eigenvalue weighted by atomic mass is 35.5. The number of rotatable bonds is 8. The van der Waals surface area contributed by atoms with E-state index in [2.05, 4.69) is 11.8 Å². The molecule has 1 aliphatic rings. The van der Waals surface area contributed by atoms with Crippen LogP contribution in [0.15, 0.2) is 36.4 Å². The second-order valence-electron chi connectivity index (χ2n) is 7.77. The van der Waals surface area contributed by atoms with E-state index in [0.717, 1.165) is 48.1 Å². The minimum absolute atomic E-state index is 0.104. The summed E-state index contributed by atoms with van der Waals surface area (Å²) in [7, 11) is 0.